The first kappa shape index (κ1) is 18.7. The van der Waals surface area contributed by atoms with Crippen LogP contribution in [-0.4, -0.2) is 39.2 Å². The van der Waals surface area contributed by atoms with Crippen LogP contribution in [0.4, 0.5) is 8.78 Å². The van der Waals surface area contributed by atoms with Crippen molar-refractivity contribution in [2.45, 2.75) is 9.79 Å². The normalized spacial score (nSPS) is 11.7. The van der Waals surface area contributed by atoms with Crippen LogP contribution in [0.15, 0.2) is 52.3 Å². The summed E-state index contributed by atoms with van der Waals surface area (Å²) < 4.78 is 56.4. The van der Waals surface area contributed by atoms with E-state index in [0.29, 0.717) is 23.0 Å². The summed E-state index contributed by atoms with van der Waals surface area (Å²) in [6, 6.07) is 9.85. The van der Waals surface area contributed by atoms with Gasteiger partial charge in [0.25, 0.3) is 0 Å². The molecule has 0 saturated heterocycles. The highest BCUT2D eigenvalue weighted by atomic mass is 32.2. The number of nitrogens with zero attached hydrogens (tertiary/aromatic N) is 1. The minimum atomic E-state index is -3.45. The summed E-state index contributed by atoms with van der Waals surface area (Å²) in [4.78, 5) is 0.806. The molecule has 0 heterocycles. The molecule has 0 atom stereocenters. The van der Waals surface area contributed by atoms with Gasteiger partial charge in [-0.15, -0.1) is 11.8 Å². The summed E-state index contributed by atoms with van der Waals surface area (Å²) in [6.07, 6.45) is 0. The standard InChI is InChI=1S/C16H17F2NO3S2/c1-19(2)24(20,21)14-6-3-12(4-7-14)22-9-10-23-13-5-8-15(17)16(18)11-13/h3-8,11H,9-10H2,1-2H3. The molecule has 130 valence electrons. The Balaban J connectivity index is 1.85. The summed E-state index contributed by atoms with van der Waals surface area (Å²) in [7, 11) is -0.520. The Morgan fingerprint density at radius 3 is 2.29 bits per heavy atom. The van der Waals surface area contributed by atoms with E-state index in [2.05, 4.69) is 0 Å². The average molecular weight is 373 g/mol. The van der Waals surface area contributed by atoms with Crippen LogP contribution < -0.4 is 4.74 Å². The Hall–Kier alpha value is -1.64. The lowest BCUT2D eigenvalue weighted by Crippen LogP contribution is -2.22. The Morgan fingerprint density at radius 2 is 1.71 bits per heavy atom. The second kappa shape index (κ2) is 7.96. The van der Waals surface area contributed by atoms with E-state index in [4.69, 9.17) is 4.74 Å². The van der Waals surface area contributed by atoms with Gasteiger partial charge in [0, 0.05) is 24.7 Å². The van der Waals surface area contributed by atoms with Crippen LogP contribution in [0.5, 0.6) is 5.75 Å². The van der Waals surface area contributed by atoms with Gasteiger partial charge in [-0.25, -0.2) is 21.5 Å². The Kier molecular flexibility index (Phi) is 6.20. The zero-order valence-electron chi connectivity index (χ0n) is 13.2. The van der Waals surface area contributed by atoms with Gasteiger partial charge < -0.3 is 4.74 Å². The molecule has 0 amide bonds. The van der Waals surface area contributed by atoms with E-state index < -0.39 is 21.7 Å². The van der Waals surface area contributed by atoms with Gasteiger partial charge in [-0.2, -0.15) is 0 Å². The van der Waals surface area contributed by atoms with Crippen LogP contribution >= 0.6 is 11.8 Å². The third-order valence-electron chi connectivity index (χ3n) is 3.11. The van der Waals surface area contributed by atoms with Crippen molar-refractivity contribution in [2.75, 3.05) is 26.5 Å². The van der Waals surface area contributed by atoms with Gasteiger partial charge in [-0.05, 0) is 42.5 Å². The smallest absolute Gasteiger partial charge is 0.242 e. The molecule has 0 fully saturated rings. The third kappa shape index (κ3) is 4.68. The van der Waals surface area contributed by atoms with Crippen LogP contribution in [0.25, 0.3) is 0 Å². The van der Waals surface area contributed by atoms with Crippen LogP contribution in [0.2, 0.25) is 0 Å². The summed E-state index contributed by atoms with van der Waals surface area (Å²) in [5.41, 5.74) is 0. The molecule has 2 rings (SSSR count). The van der Waals surface area contributed by atoms with Crippen LogP contribution in [0.1, 0.15) is 0 Å². The first-order valence-electron chi connectivity index (χ1n) is 7.04. The molecule has 0 bridgehead atoms. The number of thioether (sulfide) groups is 1. The van der Waals surface area contributed by atoms with Crippen molar-refractivity contribution >= 4 is 21.8 Å². The Morgan fingerprint density at radius 1 is 1.04 bits per heavy atom. The Labute approximate surface area is 144 Å². The lowest BCUT2D eigenvalue weighted by Gasteiger charge is -2.12. The molecule has 0 aromatic heterocycles. The SMILES string of the molecule is CN(C)S(=O)(=O)c1ccc(OCCSc2ccc(F)c(F)c2)cc1. The van der Waals surface area contributed by atoms with Crippen molar-refractivity contribution in [3.8, 4) is 5.75 Å². The van der Waals surface area contributed by atoms with E-state index >= 15 is 0 Å². The van der Waals surface area contributed by atoms with Gasteiger partial charge in [0.2, 0.25) is 10.0 Å². The van der Waals surface area contributed by atoms with Gasteiger partial charge in [0.15, 0.2) is 11.6 Å². The lowest BCUT2D eigenvalue weighted by atomic mass is 10.3. The number of halogens is 2. The first-order chi connectivity index (χ1) is 11.3. The summed E-state index contributed by atoms with van der Waals surface area (Å²) in [5, 5.41) is 0. The fraction of sp³-hybridized carbons (Fsp3) is 0.250. The predicted octanol–water partition coefficient (Wildman–Crippen LogP) is 3.39. The van der Waals surface area contributed by atoms with Crippen LogP contribution in [-0.2, 0) is 10.0 Å². The fourth-order valence-electron chi connectivity index (χ4n) is 1.80. The maximum atomic E-state index is 13.1. The monoisotopic (exact) mass is 373 g/mol. The highest BCUT2D eigenvalue weighted by molar-refractivity contribution is 7.99. The zero-order valence-corrected chi connectivity index (χ0v) is 14.8. The maximum absolute atomic E-state index is 13.1. The van der Waals surface area contributed by atoms with Gasteiger partial charge in [0.1, 0.15) is 5.75 Å². The highest BCUT2D eigenvalue weighted by Crippen LogP contribution is 2.21. The Bertz CT molecular complexity index is 793. The first-order valence-corrected chi connectivity index (χ1v) is 9.46. The van der Waals surface area contributed by atoms with Crippen molar-refractivity contribution in [2.24, 2.45) is 0 Å². The molecule has 0 aliphatic carbocycles. The number of sulfonamides is 1. The molecule has 0 radical (unpaired) electrons. The molecule has 2 aromatic rings. The molecule has 24 heavy (non-hydrogen) atoms. The van der Waals surface area contributed by atoms with Gasteiger partial charge in [-0.1, -0.05) is 0 Å². The van der Waals surface area contributed by atoms with Gasteiger partial charge in [0.05, 0.1) is 11.5 Å². The van der Waals surface area contributed by atoms with Gasteiger partial charge >= 0.3 is 0 Å². The summed E-state index contributed by atoms with van der Waals surface area (Å²) in [5.74, 6) is -0.663. The minimum absolute atomic E-state index is 0.191. The molecule has 0 aliphatic rings. The molecule has 0 saturated carbocycles. The summed E-state index contributed by atoms with van der Waals surface area (Å²) >= 11 is 1.34. The van der Waals surface area contributed by atoms with E-state index in [1.165, 1.54) is 44.1 Å². The van der Waals surface area contributed by atoms with E-state index in [-0.39, 0.29) is 4.90 Å². The van der Waals surface area contributed by atoms with Crippen molar-refractivity contribution in [1.82, 2.24) is 4.31 Å². The topological polar surface area (TPSA) is 46.6 Å². The molecular formula is C16H17F2NO3S2. The summed E-state index contributed by atoms with van der Waals surface area (Å²) in [6.45, 7) is 0.351. The van der Waals surface area contributed by atoms with E-state index in [1.807, 2.05) is 0 Å². The lowest BCUT2D eigenvalue weighted by molar-refractivity contribution is 0.343. The number of hydrogen-bond donors (Lipinski definition) is 0. The number of hydrogen-bond acceptors (Lipinski definition) is 4. The second-order valence-electron chi connectivity index (χ2n) is 5.03. The van der Waals surface area contributed by atoms with Crippen LogP contribution in [0.3, 0.4) is 0 Å². The third-order valence-corrected chi connectivity index (χ3v) is 5.90. The predicted molar refractivity (Wildman–Crippen MR) is 89.9 cm³/mol. The van der Waals surface area contributed by atoms with Crippen molar-refractivity contribution in [3.05, 3.63) is 54.1 Å². The largest absolute Gasteiger partial charge is 0.493 e. The van der Waals surface area contributed by atoms with E-state index in [9.17, 15) is 17.2 Å². The number of ether oxygens (including phenoxy) is 1. The highest BCUT2D eigenvalue weighted by Gasteiger charge is 2.16. The molecule has 0 spiro atoms. The quantitative estimate of drug-likeness (QED) is 0.551. The second-order valence-corrected chi connectivity index (χ2v) is 8.35. The number of benzene rings is 2. The van der Waals surface area contributed by atoms with E-state index in [1.54, 1.807) is 12.1 Å². The molecule has 0 N–H and O–H groups in total. The average Bonchev–Trinajstić information content (AvgIpc) is 2.55. The maximum Gasteiger partial charge on any atom is 0.242 e. The van der Waals surface area contributed by atoms with Crippen LogP contribution in [0, 0.1) is 11.6 Å². The zero-order chi connectivity index (χ0) is 17.7. The molecule has 0 unspecified atom stereocenters. The molecule has 2 aromatic carbocycles. The van der Waals surface area contributed by atoms with Gasteiger partial charge in [-0.3, -0.25) is 0 Å². The van der Waals surface area contributed by atoms with E-state index in [0.717, 1.165) is 16.4 Å². The van der Waals surface area contributed by atoms with Crippen molar-refractivity contribution in [1.29, 1.82) is 0 Å². The molecular weight excluding hydrogens is 356 g/mol. The minimum Gasteiger partial charge on any atom is -0.493 e. The van der Waals surface area contributed by atoms with Crippen molar-refractivity contribution < 1.29 is 21.9 Å². The van der Waals surface area contributed by atoms with Crippen molar-refractivity contribution in [3.63, 3.8) is 0 Å². The number of rotatable bonds is 7. The molecule has 8 heteroatoms. The fourth-order valence-corrected chi connectivity index (χ4v) is 3.46. The molecule has 0 aliphatic heterocycles. The molecule has 4 nitrogen and oxygen atoms in total.